The first kappa shape index (κ1) is 15.3. The number of hydrogen-bond acceptors (Lipinski definition) is 4. The smallest absolute Gasteiger partial charge is 0.161 e. The third kappa shape index (κ3) is 4.45. The Morgan fingerprint density at radius 1 is 1.05 bits per heavy atom. The molecule has 2 rings (SSSR count). The highest BCUT2D eigenvalue weighted by molar-refractivity contribution is 5.58. The topological polar surface area (TPSA) is 47.0 Å². The Bertz CT molecular complexity index is 567. The number of aryl methyl sites for hydroxylation is 1. The summed E-state index contributed by atoms with van der Waals surface area (Å²) >= 11 is 0. The van der Waals surface area contributed by atoms with E-state index in [1.54, 1.807) is 0 Å². The van der Waals surface area contributed by atoms with Gasteiger partial charge in [0.15, 0.2) is 5.82 Å². The molecule has 0 bridgehead atoms. The molecule has 21 heavy (non-hydrogen) atoms. The van der Waals surface area contributed by atoms with Crippen LogP contribution < -0.4 is 10.1 Å². The zero-order chi connectivity index (χ0) is 15.1. The van der Waals surface area contributed by atoms with Crippen molar-refractivity contribution in [3.8, 4) is 17.1 Å². The van der Waals surface area contributed by atoms with E-state index in [4.69, 9.17) is 4.74 Å². The monoisotopic (exact) mass is 285 g/mol. The van der Waals surface area contributed by atoms with E-state index in [0.717, 1.165) is 54.6 Å². The van der Waals surface area contributed by atoms with E-state index in [2.05, 4.69) is 29.1 Å². The predicted octanol–water partition coefficient (Wildman–Crippen LogP) is 4.06. The molecule has 2 aromatic rings. The lowest BCUT2D eigenvalue weighted by Gasteiger charge is -2.09. The number of benzene rings is 1. The Morgan fingerprint density at radius 2 is 1.81 bits per heavy atom. The summed E-state index contributed by atoms with van der Waals surface area (Å²) in [6, 6.07) is 9.91. The van der Waals surface area contributed by atoms with Crippen molar-refractivity contribution in [2.75, 3.05) is 18.5 Å². The van der Waals surface area contributed by atoms with Gasteiger partial charge >= 0.3 is 0 Å². The van der Waals surface area contributed by atoms with Gasteiger partial charge in [0.05, 0.1) is 6.61 Å². The minimum Gasteiger partial charge on any atom is -0.494 e. The van der Waals surface area contributed by atoms with Crippen LogP contribution in [0.15, 0.2) is 30.3 Å². The van der Waals surface area contributed by atoms with Crippen LogP contribution in [0, 0.1) is 6.92 Å². The maximum Gasteiger partial charge on any atom is 0.161 e. The molecule has 0 aliphatic rings. The summed E-state index contributed by atoms with van der Waals surface area (Å²) in [7, 11) is 0. The summed E-state index contributed by atoms with van der Waals surface area (Å²) in [6.45, 7) is 7.88. The van der Waals surface area contributed by atoms with Gasteiger partial charge in [0.1, 0.15) is 11.6 Å². The van der Waals surface area contributed by atoms with Crippen LogP contribution in [0.5, 0.6) is 5.75 Å². The Balaban J connectivity index is 2.18. The van der Waals surface area contributed by atoms with Crippen LogP contribution in [0.1, 0.15) is 32.4 Å². The fourth-order valence-electron chi connectivity index (χ4n) is 1.96. The van der Waals surface area contributed by atoms with Gasteiger partial charge in [-0.3, -0.25) is 0 Å². The molecular formula is C17H23N3O. The summed E-state index contributed by atoms with van der Waals surface area (Å²) in [5, 5.41) is 3.31. The molecular weight excluding hydrogens is 262 g/mol. The first-order chi connectivity index (χ1) is 10.2. The van der Waals surface area contributed by atoms with Crippen molar-refractivity contribution >= 4 is 5.82 Å². The zero-order valence-corrected chi connectivity index (χ0v) is 13.0. The third-order valence-corrected chi connectivity index (χ3v) is 3.00. The van der Waals surface area contributed by atoms with Crippen LogP contribution >= 0.6 is 0 Å². The molecule has 0 aliphatic carbocycles. The molecule has 4 heteroatoms. The quantitative estimate of drug-likeness (QED) is 0.833. The SMILES string of the molecule is CCCNc1cc(C)nc(-c2ccc(OCCC)cc2)n1. The van der Waals surface area contributed by atoms with Gasteiger partial charge in [-0.15, -0.1) is 0 Å². The van der Waals surface area contributed by atoms with Crippen LogP contribution in [0.4, 0.5) is 5.82 Å². The van der Waals surface area contributed by atoms with Gasteiger partial charge in [-0.05, 0) is 44.0 Å². The van der Waals surface area contributed by atoms with Gasteiger partial charge in [-0.1, -0.05) is 13.8 Å². The second kappa shape index (κ2) is 7.62. The van der Waals surface area contributed by atoms with Crippen molar-refractivity contribution in [3.63, 3.8) is 0 Å². The summed E-state index contributed by atoms with van der Waals surface area (Å²) in [5.41, 5.74) is 1.96. The molecule has 0 fully saturated rings. The maximum absolute atomic E-state index is 5.59. The fourth-order valence-corrected chi connectivity index (χ4v) is 1.96. The van der Waals surface area contributed by atoms with Crippen LogP contribution in [-0.4, -0.2) is 23.1 Å². The molecule has 1 aromatic heterocycles. The van der Waals surface area contributed by atoms with Crippen LogP contribution in [0.2, 0.25) is 0 Å². The largest absolute Gasteiger partial charge is 0.494 e. The number of rotatable bonds is 7. The standard InChI is InChI=1S/C17H23N3O/c1-4-10-18-16-12-13(3)19-17(20-16)14-6-8-15(9-7-14)21-11-5-2/h6-9,12H,4-5,10-11H2,1-3H3,(H,18,19,20). The molecule has 1 heterocycles. The van der Waals surface area contributed by atoms with Crippen molar-refractivity contribution < 1.29 is 4.74 Å². The second-order valence-corrected chi connectivity index (χ2v) is 5.02. The average molecular weight is 285 g/mol. The Labute approximate surface area is 126 Å². The molecule has 0 aliphatic heterocycles. The molecule has 0 radical (unpaired) electrons. The number of aromatic nitrogens is 2. The van der Waals surface area contributed by atoms with Crippen molar-refractivity contribution in [1.82, 2.24) is 9.97 Å². The van der Waals surface area contributed by atoms with Gasteiger partial charge in [0, 0.05) is 23.9 Å². The van der Waals surface area contributed by atoms with Gasteiger partial charge < -0.3 is 10.1 Å². The van der Waals surface area contributed by atoms with Gasteiger partial charge in [-0.2, -0.15) is 0 Å². The lowest BCUT2D eigenvalue weighted by atomic mass is 10.2. The van der Waals surface area contributed by atoms with Crippen molar-refractivity contribution in [2.24, 2.45) is 0 Å². The van der Waals surface area contributed by atoms with E-state index in [0.29, 0.717) is 0 Å². The Hall–Kier alpha value is -2.10. The molecule has 0 spiro atoms. The van der Waals surface area contributed by atoms with E-state index in [1.807, 2.05) is 37.3 Å². The van der Waals surface area contributed by atoms with E-state index in [9.17, 15) is 0 Å². The van der Waals surface area contributed by atoms with E-state index in [1.165, 1.54) is 0 Å². The molecule has 4 nitrogen and oxygen atoms in total. The summed E-state index contributed by atoms with van der Waals surface area (Å²) in [5.74, 6) is 2.51. The fraction of sp³-hybridized carbons (Fsp3) is 0.412. The first-order valence-electron chi connectivity index (χ1n) is 7.55. The van der Waals surface area contributed by atoms with Crippen molar-refractivity contribution in [1.29, 1.82) is 0 Å². The molecule has 1 N–H and O–H groups in total. The van der Waals surface area contributed by atoms with Gasteiger partial charge in [-0.25, -0.2) is 9.97 Å². The molecule has 0 atom stereocenters. The minimum atomic E-state index is 0.741. The second-order valence-electron chi connectivity index (χ2n) is 5.02. The molecule has 0 amide bonds. The summed E-state index contributed by atoms with van der Waals surface area (Å²) < 4.78 is 5.59. The number of nitrogens with zero attached hydrogens (tertiary/aromatic N) is 2. The normalized spacial score (nSPS) is 10.4. The minimum absolute atomic E-state index is 0.741. The Morgan fingerprint density at radius 3 is 2.48 bits per heavy atom. The predicted molar refractivity (Wildman–Crippen MR) is 86.8 cm³/mol. The molecule has 0 saturated heterocycles. The summed E-state index contributed by atoms with van der Waals surface area (Å²) in [6.07, 6.45) is 2.08. The number of ether oxygens (including phenoxy) is 1. The molecule has 112 valence electrons. The first-order valence-corrected chi connectivity index (χ1v) is 7.55. The van der Waals surface area contributed by atoms with Crippen LogP contribution in [-0.2, 0) is 0 Å². The van der Waals surface area contributed by atoms with E-state index < -0.39 is 0 Å². The van der Waals surface area contributed by atoms with Crippen molar-refractivity contribution in [3.05, 3.63) is 36.0 Å². The number of anilines is 1. The highest BCUT2D eigenvalue weighted by Crippen LogP contribution is 2.21. The van der Waals surface area contributed by atoms with Crippen molar-refractivity contribution in [2.45, 2.75) is 33.6 Å². The lowest BCUT2D eigenvalue weighted by molar-refractivity contribution is 0.317. The van der Waals surface area contributed by atoms with E-state index in [-0.39, 0.29) is 0 Å². The molecule has 0 unspecified atom stereocenters. The van der Waals surface area contributed by atoms with Gasteiger partial charge in [0.25, 0.3) is 0 Å². The van der Waals surface area contributed by atoms with Gasteiger partial charge in [0.2, 0.25) is 0 Å². The Kier molecular flexibility index (Phi) is 5.55. The zero-order valence-electron chi connectivity index (χ0n) is 13.0. The average Bonchev–Trinajstić information content (AvgIpc) is 2.51. The third-order valence-electron chi connectivity index (χ3n) is 3.00. The number of nitrogens with one attached hydrogen (secondary N) is 1. The maximum atomic E-state index is 5.59. The molecule has 0 saturated carbocycles. The molecule has 1 aromatic carbocycles. The van der Waals surface area contributed by atoms with E-state index >= 15 is 0 Å². The van der Waals surface area contributed by atoms with Crippen LogP contribution in [0.25, 0.3) is 11.4 Å². The van der Waals surface area contributed by atoms with Crippen LogP contribution in [0.3, 0.4) is 0 Å². The summed E-state index contributed by atoms with van der Waals surface area (Å²) in [4.78, 5) is 9.08. The highest BCUT2D eigenvalue weighted by atomic mass is 16.5. The number of hydrogen-bond donors (Lipinski definition) is 1. The highest BCUT2D eigenvalue weighted by Gasteiger charge is 2.05. The lowest BCUT2D eigenvalue weighted by Crippen LogP contribution is -2.04.